The number of anilines is 1. The second-order valence-corrected chi connectivity index (χ2v) is 27.4. The fourth-order valence-corrected chi connectivity index (χ4v) is 13.8. The summed E-state index contributed by atoms with van der Waals surface area (Å²) >= 11 is 0. The molecule has 1 spiro atoms. The van der Waals surface area contributed by atoms with Crippen LogP contribution in [0.25, 0.3) is 10.8 Å². The number of Topliss-reactive ketones (excluding diaryl/α,β-unsaturated/α-hetero) is 1. The molecule has 0 aromatic heterocycles. The summed E-state index contributed by atoms with van der Waals surface area (Å²) in [5.74, 6) is -10.6. The Morgan fingerprint density at radius 3 is 2.14 bits per heavy atom. The number of aromatic hydroxyl groups is 2. The second-order valence-electron chi connectivity index (χ2n) is 23.3. The van der Waals surface area contributed by atoms with Crippen molar-refractivity contribution >= 4 is 67.2 Å². The van der Waals surface area contributed by atoms with E-state index in [4.69, 9.17) is 38.4 Å². The van der Waals surface area contributed by atoms with Crippen molar-refractivity contribution in [2.75, 3.05) is 65.3 Å². The van der Waals surface area contributed by atoms with Crippen LogP contribution >= 0.6 is 15.2 Å². The van der Waals surface area contributed by atoms with Crippen molar-refractivity contribution in [1.29, 1.82) is 0 Å². The molecule has 9 atom stereocenters. The van der Waals surface area contributed by atoms with E-state index in [2.05, 4.69) is 29.4 Å². The molecule has 6 rings (SSSR count). The number of esters is 3. The third-order valence-corrected chi connectivity index (χ3v) is 20.0. The van der Waals surface area contributed by atoms with Crippen LogP contribution in [0.4, 0.5) is 5.69 Å². The number of methoxy groups -OCH3 is 1. The van der Waals surface area contributed by atoms with Crippen molar-refractivity contribution in [1.82, 2.24) is 15.1 Å². The molecule has 0 radical (unpaired) electrons. The summed E-state index contributed by atoms with van der Waals surface area (Å²) < 4.78 is 58.6. The lowest BCUT2D eigenvalue weighted by molar-refractivity contribution is -0.165. The van der Waals surface area contributed by atoms with Gasteiger partial charge in [-0.2, -0.15) is 0 Å². The number of benzene rings is 2. The Labute approximate surface area is 498 Å². The Hall–Kier alpha value is -6.12. The fourth-order valence-electron chi connectivity index (χ4n) is 11.3. The highest BCUT2D eigenvalue weighted by atomic mass is 31.2. The van der Waals surface area contributed by atoms with Crippen LogP contribution in [0.3, 0.4) is 0 Å². The molecule has 2 aromatic carbocycles. The number of hydrogen-bond donors (Lipinski definition) is 9. The van der Waals surface area contributed by atoms with Gasteiger partial charge in [0.15, 0.2) is 16.8 Å². The first-order valence-corrected chi connectivity index (χ1v) is 31.7. The highest BCUT2D eigenvalue weighted by molar-refractivity contribution is 7.70. The number of aliphatic hydroxyl groups excluding tert-OH is 1. The molecule has 29 heteroatoms. The molecule has 4 bridgehead atoms. The molecule has 2 aromatic rings. The molecule has 0 unspecified atom stereocenters. The molecule has 1 saturated heterocycles. The SMILES string of the molecule is CO[C@H]1/C=C/O[C@@]2(C)Oc3c(C)c(O)c4c(O)c(c5c(c4c3C2=O)=NC2(CCN(CC(C)C)CC2)N=5)NC(=O)/C(C)=C\C=C\[C@H](C)[C@H](OC(=O)CN(C)CCOC(=O)CNC(=O)CCC(P(=O)(O)O)P(=O)(O)O)[C@@H](C)[C@@H](O)[C@@H](C)[C@H](OC(C)=O)[C@@H]1C. The number of nitrogens with one attached hydrogen (secondary N) is 2. The molecule has 4 heterocycles. The lowest BCUT2D eigenvalue weighted by atomic mass is 9.78. The van der Waals surface area contributed by atoms with Gasteiger partial charge in [0, 0.05) is 107 Å². The summed E-state index contributed by atoms with van der Waals surface area (Å²) in [6.45, 7) is 17.4. The van der Waals surface area contributed by atoms with Gasteiger partial charge >= 0.3 is 38.9 Å². The van der Waals surface area contributed by atoms with Crippen molar-refractivity contribution < 1.29 is 101 Å². The van der Waals surface area contributed by atoms with E-state index in [9.17, 15) is 72.8 Å². The number of carbonyl (C=O) groups is 6. The predicted molar refractivity (Wildman–Crippen MR) is 310 cm³/mol. The van der Waals surface area contributed by atoms with Gasteiger partial charge in [0.2, 0.25) is 5.91 Å². The Kier molecular flexibility index (Phi) is 22.4. The second kappa shape index (κ2) is 27.9. The topological polar surface area (TPSA) is 389 Å². The minimum atomic E-state index is -5.26. The number of ketones is 1. The summed E-state index contributed by atoms with van der Waals surface area (Å²) in [6, 6.07) is 0. The molecule has 1 fully saturated rings. The number of rotatable bonds is 17. The van der Waals surface area contributed by atoms with Gasteiger partial charge in [0.25, 0.3) is 11.7 Å². The van der Waals surface area contributed by atoms with Crippen molar-refractivity contribution in [2.45, 2.75) is 136 Å². The Morgan fingerprint density at radius 2 is 1.53 bits per heavy atom. The van der Waals surface area contributed by atoms with Gasteiger partial charge in [0.1, 0.15) is 47.9 Å². The number of allylic oxidation sites excluding steroid dienone is 2. The molecule has 4 aliphatic heterocycles. The quantitative estimate of drug-likeness (QED) is 0.0474. The third kappa shape index (κ3) is 16.0. The van der Waals surface area contributed by atoms with Gasteiger partial charge in [-0.25, -0.2) is 0 Å². The molecular weight excluding hydrogens is 1170 g/mol. The van der Waals surface area contributed by atoms with Gasteiger partial charge in [-0.05, 0) is 39.3 Å². The molecule has 4 aliphatic rings. The maximum atomic E-state index is 14.9. The van der Waals surface area contributed by atoms with E-state index in [0.29, 0.717) is 31.8 Å². The first-order valence-electron chi connectivity index (χ1n) is 28.3. The van der Waals surface area contributed by atoms with Crippen molar-refractivity contribution in [3.05, 3.63) is 58.0 Å². The number of aliphatic hydroxyl groups is 1. The molecule has 476 valence electrons. The van der Waals surface area contributed by atoms with E-state index >= 15 is 0 Å². The zero-order valence-electron chi connectivity index (χ0n) is 50.5. The summed E-state index contributed by atoms with van der Waals surface area (Å²) in [6.07, 6.45) is 2.32. The number of hydrogen-bond acceptors (Lipinski definition) is 21. The molecule has 0 saturated carbocycles. The first kappa shape index (κ1) is 69.0. The van der Waals surface area contributed by atoms with Crippen molar-refractivity contribution in [3.8, 4) is 17.2 Å². The van der Waals surface area contributed by atoms with Crippen LogP contribution in [0.2, 0.25) is 0 Å². The van der Waals surface area contributed by atoms with Crippen LogP contribution in [0.15, 0.2) is 46.1 Å². The molecule has 0 aliphatic carbocycles. The number of nitrogens with zero attached hydrogens (tertiary/aromatic N) is 4. The van der Waals surface area contributed by atoms with Gasteiger partial charge in [0.05, 0.1) is 41.3 Å². The molecule has 2 amide bonds. The molecular formula is C57H82N6O21P2. The zero-order chi connectivity index (χ0) is 64.1. The Bertz CT molecular complexity index is 3240. The lowest BCUT2D eigenvalue weighted by Gasteiger charge is -2.39. The van der Waals surface area contributed by atoms with Crippen LogP contribution < -0.4 is 26.1 Å². The molecule has 9 N–H and O–H groups in total. The number of likely N-dealkylation sites (tertiary alicyclic amines) is 1. The lowest BCUT2D eigenvalue weighted by Crippen LogP contribution is -2.48. The van der Waals surface area contributed by atoms with Gasteiger partial charge in [-0.15, -0.1) is 0 Å². The van der Waals surface area contributed by atoms with E-state index in [1.165, 1.54) is 65.2 Å². The minimum Gasteiger partial charge on any atom is -0.507 e. The first-order chi connectivity index (χ1) is 40.0. The van der Waals surface area contributed by atoms with Crippen LogP contribution in [0.5, 0.6) is 17.2 Å². The maximum absolute atomic E-state index is 14.9. The Morgan fingerprint density at radius 1 is 0.907 bits per heavy atom. The number of amides is 2. The molecule has 86 heavy (non-hydrogen) atoms. The number of phenolic OH excluding ortho intramolecular Hbond substituents is 2. The average Bonchev–Trinajstić information content (AvgIpc) is 1.50. The predicted octanol–water partition coefficient (Wildman–Crippen LogP) is 3.35. The maximum Gasteiger partial charge on any atom is 0.340 e. The van der Waals surface area contributed by atoms with Crippen LogP contribution in [-0.4, -0.2) is 181 Å². The monoisotopic (exact) mass is 1250 g/mol. The van der Waals surface area contributed by atoms with Crippen molar-refractivity contribution in [2.24, 2.45) is 39.6 Å². The van der Waals surface area contributed by atoms with Gasteiger partial charge in [-0.1, -0.05) is 59.8 Å². The van der Waals surface area contributed by atoms with E-state index in [1.807, 2.05) is 0 Å². The number of fused-ring (bicyclic) bond motifs is 1. The zero-order valence-corrected chi connectivity index (χ0v) is 52.3. The van der Waals surface area contributed by atoms with Gasteiger partial charge < -0.3 is 78.8 Å². The van der Waals surface area contributed by atoms with E-state index in [1.54, 1.807) is 39.8 Å². The fraction of sp³-hybridized carbons (Fsp3) is 0.614. The highest BCUT2D eigenvalue weighted by Crippen LogP contribution is 2.61. The van der Waals surface area contributed by atoms with Crippen LogP contribution in [0, 0.1) is 36.5 Å². The smallest absolute Gasteiger partial charge is 0.340 e. The summed E-state index contributed by atoms with van der Waals surface area (Å²) in [5, 5.41) is 39.3. The third-order valence-electron chi connectivity index (χ3n) is 16.1. The normalized spacial score (nSPS) is 26.9. The molecule has 27 nitrogen and oxygen atoms in total. The number of piperidine rings is 1. The average molecular weight is 1250 g/mol. The summed E-state index contributed by atoms with van der Waals surface area (Å²) in [5.41, 5.74) is -1.01. The number of phenols is 2. The number of likely N-dealkylation sites (N-methyl/N-ethyl adjacent to an activating group) is 1. The standard InChI is InChI=1S/C57H82N6O21P2/c1-29(2)27-63-21-19-57(20-22-63)60-45-42-43-49(69)35(8)53-44(42)54(71)56(10,84-53)81-24-18-37(79-12)32(5)52(82-36(9)64)34(7)48(68)33(6)51(30(3)14-13-15-31(4)55(72)59-47(50(43)70)46(45)61-57)83-40(67)28-62(11)23-25-80-39(66)26-58-38(65)16-17-41(85(73,74)75)86(76,77)78/h13-15,18,24,29-30,32-34,37,41,48,51-52,68-70H,16-17,19-23,25-28H2,1-12H3,(H,58,65)(H,59,72)(H2,73,74,75)(H2,76,77,78)/b14-13+,24-18+,31-15-/t30-,32+,33-,34+,37-,48+,51-,52+,56-/m0/s1. The number of carbonyl (C=O) groups excluding carboxylic acids is 6. The minimum absolute atomic E-state index is 0.0195. The van der Waals surface area contributed by atoms with E-state index in [-0.39, 0.29) is 69.3 Å². The summed E-state index contributed by atoms with van der Waals surface area (Å²) in [4.78, 5) is 132. The van der Waals surface area contributed by atoms with Crippen LogP contribution in [-0.2, 0) is 56.8 Å². The highest BCUT2D eigenvalue weighted by Gasteiger charge is 2.51. The summed E-state index contributed by atoms with van der Waals surface area (Å²) in [7, 11) is -7.60. The Balaban J connectivity index is 1.31. The number of ether oxygens (including phenoxy) is 6. The van der Waals surface area contributed by atoms with Gasteiger partial charge in [-0.3, -0.25) is 52.8 Å². The van der Waals surface area contributed by atoms with Crippen LogP contribution in [0.1, 0.15) is 104 Å². The van der Waals surface area contributed by atoms with E-state index in [0.717, 1.165) is 6.54 Å². The largest absolute Gasteiger partial charge is 0.507 e. The van der Waals surface area contributed by atoms with E-state index < -0.39 is 147 Å². The van der Waals surface area contributed by atoms with Crippen molar-refractivity contribution in [3.63, 3.8) is 0 Å².